The second-order valence-electron chi connectivity index (χ2n) is 6.97. The molecule has 0 radical (unpaired) electrons. The van der Waals surface area contributed by atoms with Crippen molar-refractivity contribution in [3.63, 3.8) is 0 Å². The lowest BCUT2D eigenvalue weighted by molar-refractivity contribution is 0.0648. The lowest BCUT2D eigenvalue weighted by atomic mass is 10.1. The van der Waals surface area contributed by atoms with Gasteiger partial charge in [0.2, 0.25) is 0 Å². The van der Waals surface area contributed by atoms with Gasteiger partial charge < -0.3 is 13.9 Å². The summed E-state index contributed by atoms with van der Waals surface area (Å²) in [4.78, 5) is 10.8. The first-order valence-corrected chi connectivity index (χ1v) is 10.6. The van der Waals surface area contributed by atoms with Gasteiger partial charge in [-0.3, -0.25) is 4.90 Å². The van der Waals surface area contributed by atoms with Crippen LogP contribution in [-0.2, 0) is 17.8 Å². The predicted molar refractivity (Wildman–Crippen MR) is 111 cm³/mol. The third kappa shape index (κ3) is 5.59. The minimum absolute atomic E-state index is 0.270. The third-order valence-corrected chi connectivity index (χ3v) is 5.64. The number of ether oxygens (including phenoxy) is 2. The molecule has 0 saturated carbocycles. The molecule has 4 rings (SSSR count). The Bertz CT molecular complexity index is 897. The summed E-state index contributed by atoms with van der Waals surface area (Å²) in [5.41, 5.74) is 1.16. The van der Waals surface area contributed by atoms with Gasteiger partial charge in [0.25, 0.3) is 0 Å². The first-order chi connectivity index (χ1) is 14.3. The average molecular weight is 412 g/mol. The number of methoxy groups -OCH3 is 1. The van der Waals surface area contributed by atoms with E-state index in [1.807, 2.05) is 30.3 Å². The molecule has 7 heteroatoms. The molecule has 0 unspecified atom stereocenters. The lowest BCUT2D eigenvalue weighted by Gasteiger charge is -2.25. The third-order valence-electron chi connectivity index (χ3n) is 4.82. The molecule has 3 aromatic rings. The van der Waals surface area contributed by atoms with E-state index in [0.717, 1.165) is 54.7 Å². The van der Waals surface area contributed by atoms with Gasteiger partial charge in [-0.25, -0.2) is 9.97 Å². The molecule has 1 atom stereocenters. The van der Waals surface area contributed by atoms with Gasteiger partial charge in [0.15, 0.2) is 10.2 Å². The standard InChI is InChI=1S/C22H25N3O3S/c1-26-20-8-3-2-6-17(20)14-25(15-18-7-4-13-27-18)16-19-9-10-21(28-19)29-22-23-11-5-12-24-22/h2-3,5-6,8-12,18H,4,7,13-16H2,1H3/t18-/m1/s1. The van der Waals surface area contributed by atoms with Gasteiger partial charge in [-0.1, -0.05) is 18.2 Å². The highest BCUT2D eigenvalue weighted by atomic mass is 32.2. The van der Waals surface area contributed by atoms with Gasteiger partial charge in [0, 0.05) is 37.7 Å². The van der Waals surface area contributed by atoms with Gasteiger partial charge in [-0.05, 0) is 48.9 Å². The molecule has 1 aromatic carbocycles. The number of hydrogen-bond donors (Lipinski definition) is 0. The summed E-state index contributed by atoms with van der Waals surface area (Å²) >= 11 is 1.43. The maximum atomic E-state index is 6.05. The van der Waals surface area contributed by atoms with Crippen molar-refractivity contribution in [1.82, 2.24) is 14.9 Å². The molecule has 3 heterocycles. The van der Waals surface area contributed by atoms with Crippen LogP contribution >= 0.6 is 11.8 Å². The van der Waals surface area contributed by atoms with Gasteiger partial charge >= 0.3 is 0 Å². The van der Waals surface area contributed by atoms with Crippen molar-refractivity contribution in [2.24, 2.45) is 0 Å². The van der Waals surface area contributed by atoms with E-state index in [0.29, 0.717) is 11.7 Å². The van der Waals surface area contributed by atoms with Crippen molar-refractivity contribution in [1.29, 1.82) is 0 Å². The zero-order chi connectivity index (χ0) is 19.9. The fraction of sp³-hybridized carbons (Fsp3) is 0.364. The van der Waals surface area contributed by atoms with Crippen LogP contribution in [-0.4, -0.2) is 41.2 Å². The number of hydrogen-bond acceptors (Lipinski definition) is 7. The van der Waals surface area contributed by atoms with Crippen LogP contribution in [0.25, 0.3) is 0 Å². The second-order valence-corrected chi connectivity index (χ2v) is 7.94. The Hall–Kier alpha value is -2.35. The van der Waals surface area contributed by atoms with Crippen molar-refractivity contribution < 1.29 is 13.9 Å². The molecule has 0 N–H and O–H groups in total. The van der Waals surface area contributed by atoms with E-state index in [1.165, 1.54) is 11.8 Å². The maximum absolute atomic E-state index is 6.05. The Balaban J connectivity index is 1.46. The summed E-state index contributed by atoms with van der Waals surface area (Å²) in [6.45, 7) is 3.19. The molecule has 1 fully saturated rings. The monoisotopic (exact) mass is 411 g/mol. The van der Waals surface area contributed by atoms with Gasteiger partial charge in [-0.15, -0.1) is 0 Å². The van der Waals surface area contributed by atoms with Crippen molar-refractivity contribution in [3.8, 4) is 5.75 Å². The predicted octanol–water partition coefficient (Wildman–Crippen LogP) is 4.41. The summed E-state index contributed by atoms with van der Waals surface area (Å²) in [6.07, 6.45) is 5.97. The van der Waals surface area contributed by atoms with E-state index >= 15 is 0 Å². The average Bonchev–Trinajstić information content (AvgIpc) is 3.41. The molecule has 1 saturated heterocycles. The molecule has 6 nitrogen and oxygen atoms in total. The van der Waals surface area contributed by atoms with E-state index in [1.54, 1.807) is 25.6 Å². The highest BCUT2D eigenvalue weighted by molar-refractivity contribution is 7.99. The Morgan fingerprint density at radius 3 is 2.76 bits per heavy atom. The van der Waals surface area contributed by atoms with Crippen LogP contribution in [0.1, 0.15) is 24.2 Å². The van der Waals surface area contributed by atoms with Crippen molar-refractivity contribution in [2.45, 2.75) is 42.3 Å². The molecular formula is C22H25N3O3S. The van der Waals surface area contributed by atoms with Gasteiger partial charge in [0.05, 0.1) is 19.8 Å². The van der Waals surface area contributed by atoms with Crippen LogP contribution in [0.4, 0.5) is 0 Å². The Kier molecular flexibility index (Phi) is 6.82. The van der Waals surface area contributed by atoms with Crippen LogP contribution in [0.5, 0.6) is 5.75 Å². The molecule has 0 amide bonds. The van der Waals surface area contributed by atoms with Gasteiger partial charge in [0.1, 0.15) is 11.5 Å². The largest absolute Gasteiger partial charge is 0.496 e. The minimum Gasteiger partial charge on any atom is -0.496 e. The number of aromatic nitrogens is 2. The van der Waals surface area contributed by atoms with Crippen LogP contribution in [0.2, 0.25) is 0 Å². The zero-order valence-electron chi connectivity index (χ0n) is 16.5. The van der Waals surface area contributed by atoms with Crippen LogP contribution in [0.15, 0.2) is 69.5 Å². The summed E-state index contributed by atoms with van der Waals surface area (Å²) in [7, 11) is 1.71. The Morgan fingerprint density at radius 1 is 1.10 bits per heavy atom. The van der Waals surface area contributed by atoms with Crippen LogP contribution in [0.3, 0.4) is 0 Å². The maximum Gasteiger partial charge on any atom is 0.195 e. The van der Waals surface area contributed by atoms with Crippen molar-refractivity contribution in [3.05, 3.63) is 66.2 Å². The topological polar surface area (TPSA) is 60.6 Å². The summed E-state index contributed by atoms with van der Waals surface area (Å²) < 4.78 is 17.5. The molecule has 1 aliphatic heterocycles. The first kappa shape index (κ1) is 19.9. The van der Waals surface area contributed by atoms with Crippen molar-refractivity contribution >= 4 is 11.8 Å². The number of benzene rings is 1. The molecular weight excluding hydrogens is 386 g/mol. The summed E-state index contributed by atoms with van der Waals surface area (Å²) in [6, 6.07) is 14.0. The summed E-state index contributed by atoms with van der Waals surface area (Å²) in [5, 5.41) is 1.47. The molecule has 1 aliphatic rings. The SMILES string of the molecule is COc1ccccc1CN(Cc1ccc(Sc2ncccn2)o1)C[C@H]1CCCO1. The van der Waals surface area contributed by atoms with Crippen LogP contribution < -0.4 is 4.74 Å². The second kappa shape index (κ2) is 9.91. The molecule has 152 valence electrons. The number of para-hydroxylation sites is 1. The zero-order valence-corrected chi connectivity index (χ0v) is 17.3. The summed E-state index contributed by atoms with van der Waals surface area (Å²) in [5.74, 6) is 1.82. The van der Waals surface area contributed by atoms with Crippen LogP contribution in [0, 0.1) is 0 Å². The Morgan fingerprint density at radius 2 is 1.97 bits per heavy atom. The smallest absolute Gasteiger partial charge is 0.195 e. The Labute approximate surface area is 175 Å². The quantitative estimate of drug-likeness (QED) is 0.483. The molecule has 0 aliphatic carbocycles. The molecule has 29 heavy (non-hydrogen) atoms. The minimum atomic E-state index is 0.270. The fourth-order valence-corrected chi connectivity index (χ4v) is 4.17. The normalized spacial score (nSPS) is 16.4. The van der Waals surface area contributed by atoms with E-state index in [-0.39, 0.29) is 6.10 Å². The first-order valence-electron chi connectivity index (χ1n) is 9.79. The highest BCUT2D eigenvalue weighted by Gasteiger charge is 2.21. The van der Waals surface area contributed by atoms with E-state index < -0.39 is 0 Å². The van der Waals surface area contributed by atoms with E-state index in [9.17, 15) is 0 Å². The number of nitrogens with zero attached hydrogens (tertiary/aromatic N) is 3. The number of rotatable bonds is 9. The molecule has 0 spiro atoms. The molecule has 0 bridgehead atoms. The lowest BCUT2D eigenvalue weighted by Crippen LogP contribution is -2.31. The van der Waals surface area contributed by atoms with E-state index in [4.69, 9.17) is 13.9 Å². The van der Waals surface area contributed by atoms with Crippen molar-refractivity contribution in [2.75, 3.05) is 20.3 Å². The molecule has 2 aromatic heterocycles. The van der Waals surface area contributed by atoms with E-state index in [2.05, 4.69) is 20.9 Å². The van der Waals surface area contributed by atoms with Gasteiger partial charge in [-0.2, -0.15) is 0 Å². The fourth-order valence-electron chi connectivity index (χ4n) is 3.48. The highest BCUT2D eigenvalue weighted by Crippen LogP contribution is 2.28. The number of furan rings is 1.